The van der Waals surface area contributed by atoms with Crippen molar-refractivity contribution in [3.05, 3.63) is 70.8 Å². The summed E-state index contributed by atoms with van der Waals surface area (Å²) in [5.41, 5.74) is 2.30. The highest BCUT2D eigenvalue weighted by Gasteiger charge is 2.45. The Labute approximate surface area is 176 Å². The van der Waals surface area contributed by atoms with Gasteiger partial charge in [0.15, 0.2) is 0 Å². The molecule has 30 heavy (non-hydrogen) atoms. The van der Waals surface area contributed by atoms with Crippen LogP contribution in [-0.4, -0.2) is 48.1 Å². The maximum absolute atomic E-state index is 12.9. The van der Waals surface area contributed by atoms with Gasteiger partial charge in [0.1, 0.15) is 11.5 Å². The maximum atomic E-state index is 12.9. The minimum absolute atomic E-state index is 0.0249. The monoisotopic (exact) mass is 409 g/mol. The number of hydrogen-bond acceptors (Lipinski definition) is 5. The van der Waals surface area contributed by atoms with E-state index < -0.39 is 17.7 Å². The molecule has 1 unspecified atom stereocenters. The number of amides is 1. The molecule has 1 atom stereocenters. The molecule has 1 N–H and O–H groups in total. The van der Waals surface area contributed by atoms with E-state index in [0.717, 1.165) is 11.1 Å². The number of benzene rings is 2. The van der Waals surface area contributed by atoms with Crippen LogP contribution in [0.1, 0.15) is 36.6 Å². The molecular formula is C24H27NO5. The lowest BCUT2D eigenvalue weighted by atomic mass is 9.94. The van der Waals surface area contributed by atoms with E-state index in [1.165, 1.54) is 4.90 Å². The smallest absolute Gasteiger partial charge is 0.295 e. The number of aliphatic hydroxyl groups excluding tert-OH is 1. The van der Waals surface area contributed by atoms with Crippen LogP contribution in [0.25, 0.3) is 5.76 Å². The van der Waals surface area contributed by atoms with Gasteiger partial charge in [-0.1, -0.05) is 29.8 Å². The van der Waals surface area contributed by atoms with Crippen LogP contribution < -0.4 is 4.74 Å². The third-order valence-electron chi connectivity index (χ3n) is 4.93. The first-order valence-electron chi connectivity index (χ1n) is 9.94. The number of rotatable bonds is 7. The number of ketones is 1. The molecule has 0 aliphatic carbocycles. The number of nitrogens with zero attached hydrogens (tertiary/aromatic N) is 1. The van der Waals surface area contributed by atoms with Crippen molar-refractivity contribution in [1.29, 1.82) is 0 Å². The fraction of sp³-hybridized carbons (Fsp3) is 0.333. The summed E-state index contributed by atoms with van der Waals surface area (Å²) in [6, 6.07) is 13.8. The second kappa shape index (κ2) is 9.13. The molecule has 1 aliphatic rings. The molecule has 1 amide bonds. The normalized spacial score (nSPS) is 18.3. The van der Waals surface area contributed by atoms with Crippen LogP contribution in [0.15, 0.2) is 54.1 Å². The van der Waals surface area contributed by atoms with Crippen molar-refractivity contribution in [3.8, 4) is 5.75 Å². The fourth-order valence-electron chi connectivity index (χ4n) is 3.61. The fourth-order valence-corrected chi connectivity index (χ4v) is 3.61. The third kappa shape index (κ3) is 4.39. The van der Waals surface area contributed by atoms with Crippen molar-refractivity contribution in [2.24, 2.45) is 0 Å². The van der Waals surface area contributed by atoms with E-state index in [1.807, 2.05) is 45.0 Å². The molecule has 0 spiro atoms. The highest BCUT2D eigenvalue weighted by molar-refractivity contribution is 6.46. The van der Waals surface area contributed by atoms with Gasteiger partial charge in [-0.3, -0.25) is 9.59 Å². The molecule has 0 bridgehead atoms. The molecule has 1 fully saturated rings. The van der Waals surface area contributed by atoms with E-state index >= 15 is 0 Å². The Balaban J connectivity index is 2.08. The highest BCUT2D eigenvalue weighted by Crippen LogP contribution is 2.39. The van der Waals surface area contributed by atoms with Gasteiger partial charge in [-0.05, 0) is 50.6 Å². The van der Waals surface area contributed by atoms with Crippen LogP contribution in [0.2, 0.25) is 0 Å². The summed E-state index contributed by atoms with van der Waals surface area (Å²) in [7, 11) is 1.54. The minimum Gasteiger partial charge on any atom is -0.507 e. The lowest BCUT2D eigenvalue weighted by molar-refractivity contribution is -0.140. The third-order valence-corrected chi connectivity index (χ3v) is 4.93. The van der Waals surface area contributed by atoms with Crippen molar-refractivity contribution in [2.45, 2.75) is 32.9 Å². The molecule has 2 aromatic rings. The molecule has 0 saturated carbocycles. The van der Waals surface area contributed by atoms with E-state index in [2.05, 4.69) is 0 Å². The van der Waals surface area contributed by atoms with Gasteiger partial charge < -0.3 is 19.5 Å². The summed E-state index contributed by atoms with van der Waals surface area (Å²) in [5.74, 6) is -0.870. The zero-order valence-corrected chi connectivity index (χ0v) is 17.7. The maximum Gasteiger partial charge on any atom is 0.295 e. The van der Waals surface area contributed by atoms with Gasteiger partial charge in [-0.15, -0.1) is 0 Å². The molecule has 6 nitrogen and oxygen atoms in total. The van der Waals surface area contributed by atoms with Crippen molar-refractivity contribution in [2.75, 3.05) is 20.3 Å². The van der Waals surface area contributed by atoms with E-state index in [0.29, 0.717) is 11.3 Å². The summed E-state index contributed by atoms with van der Waals surface area (Å²) in [6.07, 6.45) is 0.0249. The van der Waals surface area contributed by atoms with Crippen LogP contribution in [-0.2, 0) is 14.3 Å². The Morgan fingerprint density at radius 2 is 1.83 bits per heavy atom. The number of ether oxygens (including phenoxy) is 2. The first kappa shape index (κ1) is 21.6. The molecule has 158 valence electrons. The van der Waals surface area contributed by atoms with E-state index in [9.17, 15) is 14.7 Å². The largest absolute Gasteiger partial charge is 0.507 e. The summed E-state index contributed by atoms with van der Waals surface area (Å²) >= 11 is 0. The standard InChI is InChI=1S/C24H27NO5/c1-15(2)30-19-10-8-17(9-11-19)22(26)20-21(18-7-5-6-16(3)14-18)25(12-13-29-4)24(28)23(20)27/h5-11,14-15,21,26H,12-13H2,1-4H3/b22-20-. The Hall–Kier alpha value is -3.12. The Morgan fingerprint density at radius 3 is 2.43 bits per heavy atom. The zero-order valence-electron chi connectivity index (χ0n) is 17.7. The summed E-state index contributed by atoms with van der Waals surface area (Å²) in [4.78, 5) is 27.1. The van der Waals surface area contributed by atoms with Gasteiger partial charge in [-0.2, -0.15) is 0 Å². The number of carbonyl (C=O) groups is 2. The predicted molar refractivity (Wildman–Crippen MR) is 114 cm³/mol. The lowest BCUT2D eigenvalue weighted by Gasteiger charge is -2.25. The second-order valence-corrected chi connectivity index (χ2v) is 7.59. The molecule has 1 aliphatic heterocycles. The SMILES string of the molecule is COCCN1C(=O)C(=O)/C(=C(\O)c2ccc(OC(C)C)cc2)C1c1cccc(C)c1. The van der Waals surface area contributed by atoms with Gasteiger partial charge in [0, 0.05) is 19.2 Å². The van der Waals surface area contributed by atoms with Crippen LogP contribution in [0, 0.1) is 6.92 Å². The highest BCUT2D eigenvalue weighted by atomic mass is 16.5. The van der Waals surface area contributed by atoms with E-state index in [4.69, 9.17) is 9.47 Å². The summed E-state index contributed by atoms with van der Waals surface area (Å²) < 4.78 is 10.8. The molecular weight excluding hydrogens is 382 g/mol. The summed E-state index contributed by atoms with van der Waals surface area (Å²) in [5, 5.41) is 11.0. The molecule has 0 radical (unpaired) electrons. The predicted octanol–water partition coefficient (Wildman–Crippen LogP) is 3.85. The first-order valence-corrected chi connectivity index (χ1v) is 9.94. The Morgan fingerprint density at radius 1 is 1.13 bits per heavy atom. The molecule has 1 saturated heterocycles. The number of methoxy groups -OCH3 is 1. The number of carbonyl (C=O) groups excluding carboxylic acids is 2. The van der Waals surface area contributed by atoms with Gasteiger partial charge in [0.05, 0.1) is 24.3 Å². The Bertz CT molecular complexity index is 962. The minimum atomic E-state index is -0.697. The van der Waals surface area contributed by atoms with Crippen LogP contribution >= 0.6 is 0 Å². The Kier molecular flexibility index (Phi) is 6.57. The molecule has 6 heteroatoms. The number of hydrogen-bond donors (Lipinski definition) is 1. The van der Waals surface area contributed by atoms with Gasteiger partial charge in [-0.25, -0.2) is 0 Å². The van der Waals surface area contributed by atoms with Crippen LogP contribution in [0.4, 0.5) is 0 Å². The summed E-state index contributed by atoms with van der Waals surface area (Å²) in [6.45, 7) is 6.33. The number of aryl methyl sites for hydroxylation is 1. The van der Waals surface area contributed by atoms with Gasteiger partial charge >= 0.3 is 0 Å². The molecule has 3 rings (SSSR count). The van der Waals surface area contributed by atoms with Crippen LogP contribution in [0.5, 0.6) is 5.75 Å². The van der Waals surface area contributed by atoms with Crippen molar-refractivity contribution in [1.82, 2.24) is 4.90 Å². The molecule has 1 heterocycles. The van der Waals surface area contributed by atoms with Crippen molar-refractivity contribution >= 4 is 17.4 Å². The van der Waals surface area contributed by atoms with E-state index in [1.54, 1.807) is 31.4 Å². The van der Waals surface area contributed by atoms with Crippen molar-refractivity contribution in [3.63, 3.8) is 0 Å². The number of likely N-dealkylation sites (tertiary alicyclic amines) is 1. The average molecular weight is 409 g/mol. The molecule has 0 aromatic heterocycles. The average Bonchev–Trinajstić information content (AvgIpc) is 2.96. The van der Waals surface area contributed by atoms with Crippen molar-refractivity contribution < 1.29 is 24.2 Å². The number of Topliss-reactive ketones (excluding diaryl/α,β-unsaturated/α-hetero) is 1. The quantitative estimate of drug-likeness (QED) is 0.427. The number of aliphatic hydroxyl groups is 1. The van der Waals surface area contributed by atoms with Gasteiger partial charge in [0.2, 0.25) is 0 Å². The lowest BCUT2D eigenvalue weighted by Crippen LogP contribution is -2.32. The van der Waals surface area contributed by atoms with Gasteiger partial charge in [0.25, 0.3) is 11.7 Å². The van der Waals surface area contributed by atoms with Crippen LogP contribution in [0.3, 0.4) is 0 Å². The zero-order chi connectivity index (χ0) is 21.8. The second-order valence-electron chi connectivity index (χ2n) is 7.59. The molecule has 2 aromatic carbocycles. The topological polar surface area (TPSA) is 76.1 Å². The van der Waals surface area contributed by atoms with E-state index in [-0.39, 0.29) is 30.6 Å². The first-order chi connectivity index (χ1) is 14.3.